The number of aliphatic imine (C=N–C) groups is 1. The van der Waals surface area contributed by atoms with Crippen LogP contribution in [0.5, 0.6) is 0 Å². The SMILES string of the molecule is C#Cc1cccc(NC(=O)CNC(=NCc2ccc(S(C)(=O)=O)c(C)c2)NCC)c1.I. The quantitative estimate of drug-likeness (QED) is 0.212. The maximum absolute atomic E-state index is 12.2. The van der Waals surface area contributed by atoms with Crippen molar-refractivity contribution in [1.82, 2.24) is 10.6 Å². The number of terminal acetylenes is 1. The number of hydrogen-bond acceptors (Lipinski definition) is 4. The van der Waals surface area contributed by atoms with Gasteiger partial charge in [-0.05, 0) is 49.2 Å². The fourth-order valence-corrected chi connectivity index (χ4v) is 3.75. The van der Waals surface area contributed by atoms with E-state index in [1.807, 2.05) is 6.92 Å². The van der Waals surface area contributed by atoms with Crippen LogP contribution in [-0.4, -0.2) is 39.6 Å². The highest BCUT2D eigenvalue weighted by molar-refractivity contribution is 14.0. The molecule has 3 N–H and O–H groups in total. The summed E-state index contributed by atoms with van der Waals surface area (Å²) in [4.78, 5) is 17.0. The first-order valence-corrected chi connectivity index (χ1v) is 11.3. The van der Waals surface area contributed by atoms with Crippen molar-refractivity contribution in [1.29, 1.82) is 0 Å². The first kappa shape index (κ1) is 26.5. The van der Waals surface area contributed by atoms with Crippen LogP contribution in [0.3, 0.4) is 0 Å². The summed E-state index contributed by atoms with van der Waals surface area (Å²) in [5.41, 5.74) is 2.86. The molecule has 2 aromatic carbocycles. The molecule has 0 heterocycles. The van der Waals surface area contributed by atoms with E-state index in [4.69, 9.17) is 6.42 Å². The molecule has 166 valence electrons. The van der Waals surface area contributed by atoms with Gasteiger partial charge in [-0.15, -0.1) is 30.4 Å². The van der Waals surface area contributed by atoms with Crippen molar-refractivity contribution in [2.24, 2.45) is 4.99 Å². The zero-order chi connectivity index (χ0) is 22.1. The van der Waals surface area contributed by atoms with Crippen molar-refractivity contribution in [2.45, 2.75) is 25.3 Å². The second-order valence-electron chi connectivity index (χ2n) is 6.69. The van der Waals surface area contributed by atoms with Crippen LogP contribution in [0.2, 0.25) is 0 Å². The van der Waals surface area contributed by atoms with Gasteiger partial charge in [-0.2, -0.15) is 0 Å². The molecule has 0 atom stereocenters. The summed E-state index contributed by atoms with van der Waals surface area (Å²) in [6.07, 6.45) is 6.56. The largest absolute Gasteiger partial charge is 0.357 e. The summed E-state index contributed by atoms with van der Waals surface area (Å²) >= 11 is 0. The van der Waals surface area contributed by atoms with Gasteiger partial charge in [0.2, 0.25) is 5.91 Å². The third-order valence-corrected chi connectivity index (χ3v) is 5.39. The highest BCUT2D eigenvalue weighted by atomic mass is 127. The molecule has 0 aromatic heterocycles. The Bertz CT molecular complexity index is 1090. The fraction of sp³-hybridized carbons (Fsp3) is 0.273. The summed E-state index contributed by atoms with van der Waals surface area (Å²) in [5.74, 6) is 2.77. The Hall–Kier alpha value is -2.58. The van der Waals surface area contributed by atoms with E-state index in [2.05, 4.69) is 26.9 Å². The van der Waals surface area contributed by atoms with Crippen molar-refractivity contribution in [3.05, 3.63) is 59.2 Å². The van der Waals surface area contributed by atoms with Gasteiger partial charge in [-0.3, -0.25) is 4.79 Å². The van der Waals surface area contributed by atoms with Gasteiger partial charge in [0.05, 0.1) is 18.0 Å². The standard InChI is InChI=1S/C22H26N4O3S.HI/c1-5-17-8-7-9-19(13-17)26-21(27)15-25-22(23-6-2)24-14-18-10-11-20(16(3)12-18)30(4,28)29;/h1,7-13H,6,14-15H2,2-4H3,(H,26,27)(H2,23,24,25);1H. The minimum atomic E-state index is -3.25. The predicted molar refractivity (Wildman–Crippen MR) is 136 cm³/mol. The molecule has 31 heavy (non-hydrogen) atoms. The first-order valence-electron chi connectivity index (χ1n) is 9.41. The molecule has 2 rings (SSSR count). The average molecular weight is 554 g/mol. The average Bonchev–Trinajstić information content (AvgIpc) is 2.69. The molecule has 0 saturated heterocycles. The molecule has 0 aliphatic carbocycles. The summed E-state index contributed by atoms with van der Waals surface area (Å²) in [7, 11) is -3.25. The molecule has 0 spiro atoms. The van der Waals surface area contributed by atoms with E-state index >= 15 is 0 Å². The van der Waals surface area contributed by atoms with Gasteiger partial charge >= 0.3 is 0 Å². The molecule has 9 heteroatoms. The topological polar surface area (TPSA) is 99.7 Å². The van der Waals surface area contributed by atoms with E-state index in [0.29, 0.717) is 40.8 Å². The van der Waals surface area contributed by atoms with Crippen LogP contribution in [0.15, 0.2) is 52.4 Å². The number of amides is 1. The van der Waals surface area contributed by atoms with Crippen molar-refractivity contribution in [3.8, 4) is 12.3 Å². The maximum Gasteiger partial charge on any atom is 0.243 e. The van der Waals surface area contributed by atoms with E-state index in [0.717, 1.165) is 5.56 Å². The van der Waals surface area contributed by atoms with E-state index < -0.39 is 9.84 Å². The van der Waals surface area contributed by atoms with E-state index in [9.17, 15) is 13.2 Å². The van der Waals surface area contributed by atoms with Crippen LogP contribution in [-0.2, 0) is 21.2 Å². The Morgan fingerprint density at radius 1 is 1.16 bits per heavy atom. The van der Waals surface area contributed by atoms with Crippen LogP contribution in [0.25, 0.3) is 0 Å². The second-order valence-corrected chi connectivity index (χ2v) is 8.68. The highest BCUT2D eigenvalue weighted by Gasteiger charge is 2.11. The van der Waals surface area contributed by atoms with Crippen molar-refractivity contribution < 1.29 is 13.2 Å². The molecular formula is C22H27IN4O3S. The first-order chi connectivity index (χ1) is 14.2. The van der Waals surface area contributed by atoms with Crippen molar-refractivity contribution in [3.63, 3.8) is 0 Å². The number of rotatable bonds is 7. The minimum absolute atomic E-state index is 0. The third-order valence-electron chi connectivity index (χ3n) is 4.13. The Morgan fingerprint density at radius 3 is 2.52 bits per heavy atom. The number of anilines is 1. The predicted octanol–water partition coefficient (Wildman–Crippen LogP) is 2.69. The van der Waals surface area contributed by atoms with Gasteiger partial charge in [-0.1, -0.05) is 24.1 Å². The summed E-state index contributed by atoms with van der Waals surface area (Å²) in [6, 6.07) is 12.2. The number of nitrogens with one attached hydrogen (secondary N) is 3. The molecule has 0 aliphatic heterocycles. The smallest absolute Gasteiger partial charge is 0.243 e. The second kappa shape index (κ2) is 12.3. The van der Waals surface area contributed by atoms with E-state index in [-0.39, 0.29) is 36.4 Å². The molecule has 0 bridgehead atoms. The number of carbonyl (C=O) groups excluding carboxylic acids is 1. The zero-order valence-electron chi connectivity index (χ0n) is 17.7. The van der Waals surface area contributed by atoms with Gasteiger partial charge < -0.3 is 16.0 Å². The van der Waals surface area contributed by atoms with Crippen molar-refractivity contribution >= 4 is 51.4 Å². The van der Waals surface area contributed by atoms with Crippen LogP contribution >= 0.6 is 24.0 Å². The number of nitrogens with zero attached hydrogens (tertiary/aromatic N) is 1. The van der Waals surface area contributed by atoms with Crippen LogP contribution in [0.1, 0.15) is 23.6 Å². The van der Waals surface area contributed by atoms with E-state index in [1.54, 1.807) is 49.4 Å². The van der Waals surface area contributed by atoms with Gasteiger partial charge in [-0.25, -0.2) is 13.4 Å². The minimum Gasteiger partial charge on any atom is -0.357 e. The number of carbonyl (C=O) groups is 1. The summed E-state index contributed by atoms with van der Waals surface area (Å²) in [6.45, 7) is 4.67. The van der Waals surface area contributed by atoms with Crippen LogP contribution in [0, 0.1) is 19.3 Å². The third kappa shape index (κ3) is 8.59. The zero-order valence-corrected chi connectivity index (χ0v) is 20.9. The Labute approximate surface area is 201 Å². The van der Waals surface area contributed by atoms with Gasteiger partial charge in [0.25, 0.3) is 0 Å². The van der Waals surface area contributed by atoms with Crippen LogP contribution < -0.4 is 16.0 Å². The monoisotopic (exact) mass is 554 g/mol. The van der Waals surface area contributed by atoms with Gasteiger partial charge in [0.15, 0.2) is 15.8 Å². The Balaban J connectivity index is 0.00000480. The number of guanidine groups is 1. The number of hydrogen-bond donors (Lipinski definition) is 3. The Kier molecular flexibility index (Phi) is 10.5. The molecule has 0 saturated carbocycles. The lowest BCUT2D eigenvalue weighted by atomic mass is 10.1. The maximum atomic E-state index is 12.2. The normalized spacial score (nSPS) is 11.1. The molecule has 0 aliphatic rings. The molecule has 0 radical (unpaired) electrons. The van der Waals surface area contributed by atoms with Crippen LogP contribution in [0.4, 0.5) is 5.69 Å². The number of aryl methyl sites for hydroxylation is 1. The molecule has 7 nitrogen and oxygen atoms in total. The van der Waals surface area contributed by atoms with Gasteiger partial charge in [0, 0.05) is 24.1 Å². The number of halogens is 1. The van der Waals surface area contributed by atoms with E-state index in [1.165, 1.54) is 6.26 Å². The Morgan fingerprint density at radius 2 is 1.90 bits per heavy atom. The summed E-state index contributed by atoms with van der Waals surface area (Å²) < 4.78 is 23.5. The van der Waals surface area contributed by atoms with Gasteiger partial charge in [0.1, 0.15) is 0 Å². The lowest BCUT2D eigenvalue weighted by Crippen LogP contribution is -2.41. The number of benzene rings is 2. The number of sulfone groups is 1. The summed E-state index contributed by atoms with van der Waals surface area (Å²) in [5, 5.41) is 8.84. The molecule has 0 fully saturated rings. The highest BCUT2D eigenvalue weighted by Crippen LogP contribution is 2.17. The van der Waals surface area contributed by atoms with Crippen molar-refractivity contribution in [2.75, 3.05) is 24.7 Å². The molecule has 1 amide bonds. The fourth-order valence-electron chi connectivity index (χ4n) is 2.79. The molecule has 2 aromatic rings. The molecule has 0 unspecified atom stereocenters. The molecular weight excluding hydrogens is 527 g/mol. The lowest BCUT2D eigenvalue weighted by Gasteiger charge is -2.12. The lowest BCUT2D eigenvalue weighted by molar-refractivity contribution is -0.115.